The lowest BCUT2D eigenvalue weighted by molar-refractivity contribution is 0.378. The van der Waals surface area contributed by atoms with E-state index < -0.39 is 10.0 Å². The lowest BCUT2D eigenvalue weighted by Gasteiger charge is -2.25. The van der Waals surface area contributed by atoms with Gasteiger partial charge in [0, 0.05) is 13.1 Å². The summed E-state index contributed by atoms with van der Waals surface area (Å²) < 4.78 is 26.5. The topological polar surface area (TPSA) is 37.4 Å². The Morgan fingerprint density at radius 1 is 1.24 bits per heavy atom. The Morgan fingerprint density at radius 2 is 1.88 bits per heavy atom. The first kappa shape index (κ1) is 13.1. The molecule has 2 rings (SSSR count). The second kappa shape index (κ2) is 4.73. The Hall–Kier alpha value is -0.350. The molecule has 0 unspecified atom stereocenters. The average Bonchev–Trinajstić information content (AvgIpc) is 2.49. The smallest absolute Gasteiger partial charge is 0.212 e. The fraction of sp³-hybridized carbons (Fsp3) is 0.846. The number of fused-ring (bicyclic) bond motifs is 1. The molecule has 0 radical (unpaired) electrons. The van der Waals surface area contributed by atoms with E-state index in [9.17, 15) is 8.42 Å². The van der Waals surface area contributed by atoms with Crippen LogP contribution in [0, 0.1) is 5.92 Å². The Kier molecular flexibility index (Phi) is 3.64. The van der Waals surface area contributed by atoms with Gasteiger partial charge in [0.15, 0.2) is 0 Å². The number of hydrogen-bond donors (Lipinski definition) is 0. The van der Waals surface area contributed by atoms with E-state index in [0.29, 0.717) is 12.5 Å². The predicted molar refractivity (Wildman–Crippen MR) is 70.3 cm³/mol. The molecule has 17 heavy (non-hydrogen) atoms. The highest BCUT2D eigenvalue weighted by molar-refractivity contribution is 7.90. The SMILES string of the molecule is CCCCN1C[C@H]2CC(C)=C(C)C[C@H]2S1(=O)=O. The maximum absolute atomic E-state index is 12.4. The molecule has 0 saturated carbocycles. The van der Waals surface area contributed by atoms with Crippen LogP contribution in [0.5, 0.6) is 0 Å². The van der Waals surface area contributed by atoms with E-state index >= 15 is 0 Å². The van der Waals surface area contributed by atoms with Gasteiger partial charge in [-0.15, -0.1) is 0 Å². The number of allylic oxidation sites excluding steroid dienone is 2. The van der Waals surface area contributed by atoms with Crippen LogP contribution >= 0.6 is 0 Å². The van der Waals surface area contributed by atoms with Crippen LogP contribution in [0.4, 0.5) is 0 Å². The summed E-state index contributed by atoms with van der Waals surface area (Å²) in [4.78, 5) is 0. The van der Waals surface area contributed by atoms with Gasteiger partial charge in [-0.1, -0.05) is 24.5 Å². The minimum atomic E-state index is -3.02. The number of sulfonamides is 1. The lowest BCUT2D eigenvalue weighted by Crippen LogP contribution is -2.31. The second-order valence-corrected chi connectivity index (χ2v) is 7.68. The van der Waals surface area contributed by atoms with Crippen molar-refractivity contribution in [2.24, 2.45) is 5.92 Å². The molecular formula is C13H23NO2S. The van der Waals surface area contributed by atoms with Crippen molar-refractivity contribution in [2.75, 3.05) is 13.1 Å². The molecule has 1 aliphatic carbocycles. The van der Waals surface area contributed by atoms with Gasteiger partial charge in [0.25, 0.3) is 0 Å². The number of nitrogens with zero attached hydrogens (tertiary/aromatic N) is 1. The minimum Gasteiger partial charge on any atom is -0.212 e. The van der Waals surface area contributed by atoms with E-state index in [1.165, 1.54) is 11.1 Å². The average molecular weight is 257 g/mol. The molecule has 0 aromatic heterocycles. The number of rotatable bonds is 3. The molecule has 1 heterocycles. The van der Waals surface area contributed by atoms with Crippen molar-refractivity contribution < 1.29 is 8.42 Å². The van der Waals surface area contributed by atoms with Crippen LogP contribution in [-0.4, -0.2) is 31.1 Å². The molecule has 0 spiro atoms. The van der Waals surface area contributed by atoms with Gasteiger partial charge in [-0.05, 0) is 39.0 Å². The maximum atomic E-state index is 12.4. The van der Waals surface area contributed by atoms with Crippen LogP contribution < -0.4 is 0 Å². The summed E-state index contributed by atoms with van der Waals surface area (Å²) in [6.07, 6.45) is 3.75. The Balaban J connectivity index is 2.17. The van der Waals surface area contributed by atoms with Crippen molar-refractivity contribution in [1.29, 1.82) is 0 Å². The van der Waals surface area contributed by atoms with Crippen LogP contribution in [0.1, 0.15) is 46.5 Å². The van der Waals surface area contributed by atoms with E-state index in [1.54, 1.807) is 4.31 Å². The van der Waals surface area contributed by atoms with Gasteiger partial charge in [-0.25, -0.2) is 12.7 Å². The molecule has 0 aromatic carbocycles. The van der Waals surface area contributed by atoms with Crippen LogP contribution in [-0.2, 0) is 10.0 Å². The lowest BCUT2D eigenvalue weighted by atomic mass is 9.85. The van der Waals surface area contributed by atoms with Crippen molar-refractivity contribution in [3.05, 3.63) is 11.1 Å². The van der Waals surface area contributed by atoms with Gasteiger partial charge >= 0.3 is 0 Å². The normalized spacial score (nSPS) is 32.9. The maximum Gasteiger partial charge on any atom is 0.217 e. The van der Waals surface area contributed by atoms with Gasteiger partial charge in [0.05, 0.1) is 5.25 Å². The summed E-state index contributed by atoms with van der Waals surface area (Å²) >= 11 is 0. The summed E-state index contributed by atoms with van der Waals surface area (Å²) in [7, 11) is -3.02. The standard InChI is InChI=1S/C13H23NO2S/c1-4-5-6-14-9-12-7-10(2)11(3)8-13(12)17(14,15)16/h12-13H,4-9H2,1-3H3/t12-,13-/m1/s1. The fourth-order valence-electron chi connectivity index (χ4n) is 2.98. The van der Waals surface area contributed by atoms with Gasteiger partial charge in [0.2, 0.25) is 10.0 Å². The molecule has 0 bridgehead atoms. The molecule has 4 heteroatoms. The number of hydrogen-bond acceptors (Lipinski definition) is 2. The Bertz CT molecular complexity index is 425. The zero-order valence-corrected chi connectivity index (χ0v) is 11.9. The highest BCUT2D eigenvalue weighted by Gasteiger charge is 2.47. The molecule has 0 aromatic rings. The third-order valence-corrected chi connectivity index (χ3v) is 6.64. The zero-order chi connectivity index (χ0) is 12.6. The molecule has 2 aliphatic rings. The molecule has 0 N–H and O–H groups in total. The molecule has 1 aliphatic heterocycles. The second-order valence-electron chi connectivity index (χ2n) is 5.52. The highest BCUT2D eigenvalue weighted by Crippen LogP contribution is 2.40. The van der Waals surface area contributed by atoms with E-state index in [4.69, 9.17) is 0 Å². The Labute approximate surface area is 105 Å². The van der Waals surface area contributed by atoms with Crippen molar-refractivity contribution in [3.63, 3.8) is 0 Å². The monoisotopic (exact) mass is 257 g/mol. The molecular weight excluding hydrogens is 234 g/mol. The summed E-state index contributed by atoms with van der Waals surface area (Å²) in [5, 5.41) is -0.136. The van der Waals surface area contributed by atoms with Crippen molar-refractivity contribution in [1.82, 2.24) is 4.31 Å². The first-order valence-corrected chi connectivity index (χ1v) is 8.11. The summed E-state index contributed by atoms with van der Waals surface area (Å²) in [5.41, 5.74) is 2.69. The third kappa shape index (κ3) is 2.29. The molecule has 2 atom stereocenters. The molecule has 1 saturated heterocycles. The first-order valence-electron chi connectivity index (χ1n) is 6.61. The van der Waals surface area contributed by atoms with E-state index in [-0.39, 0.29) is 5.25 Å². The summed E-state index contributed by atoms with van der Waals surface area (Å²) in [6.45, 7) is 7.79. The minimum absolute atomic E-state index is 0.136. The summed E-state index contributed by atoms with van der Waals surface area (Å²) in [5.74, 6) is 0.334. The molecule has 98 valence electrons. The van der Waals surface area contributed by atoms with Crippen LogP contribution in [0.2, 0.25) is 0 Å². The highest BCUT2D eigenvalue weighted by atomic mass is 32.2. The zero-order valence-electron chi connectivity index (χ0n) is 11.1. The van der Waals surface area contributed by atoms with Crippen LogP contribution in [0.15, 0.2) is 11.1 Å². The molecule has 0 amide bonds. The first-order chi connectivity index (χ1) is 7.96. The van der Waals surface area contributed by atoms with Crippen molar-refractivity contribution in [3.8, 4) is 0 Å². The number of unbranched alkanes of at least 4 members (excludes halogenated alkanes) is 1. The summed E-state index contributed by atoms with van der Waals surface area (Å²) in [6, 6.07) is 0. The van der Waals surface area contributed by atoms with E-state index in [0.717, 1.165) is 32.2 Å². The quantitative estimate of drug-likeness (QED) is 0.729. The van der Waals surface area contributed by atoms with Gasteiger partial charge < -0.3 is 0 Å². The Morgan fingerprint density at radius 3 is 2.53 bits per heavy atom. The van der Waals surface area contributed by atoms with Gasteiger partial charge in [0.1, 0.15) is 0 Å². The van der Waals surface area contributed by atoms with Crippen molar-refractivity contribution >= 4 is 10.0 Å². The van der Waals surface area contributed by atoms with Gasteiger partial charge in [-0.2, -0.15) is 0 Å². The molecule has 1 fully saturated rings. The van der Waals surface area contributed by atoms with Crippen LogP contribution in [0.25, 0.3) is 0 Å². The van der Waals surface area contributed by atoms with Crippen LogP contribution in [0.3, 0.4) is 0 Å². The molecule has 3 nitrogen and oxygen atoms in total. The van der Waals surface area contributed by atoms with E-state index in [2.05, 4.69) is 20.8 Å². The fourth-order valence-corrected chi connectivity index (χ4v) is 5.28. The third-order valence-electron chi connectivity index (χ3n) is 4.27. The van der Waals surface area contributed by atoms with E-state index in [1.807, 2.05) is 0 Å². The largest absolute Gasteiger partial charge is 0.217 e. The predicted octanol–water partition coefficient (Wildman–Crippen LogP) is 2.55. The van der Waals surface area contributed by atoms with Crippen molar-refractivity contribution in [2.45, 2.75) is 51.7 Å². The van der Waals surface area contributed by atoms with Gasteiger partial charge in [-0.3, -0.25) is 0 Å².